The van der Waals surface area contributed by atoms with Gasteiger partial charge < -0.3 is 10.1 Å². The molecule has 0 atom stereocenters. The molecule has 1 amide bonds. The van der Waals surface area contributed by atoms with Gasteiger partial charge in [-0.3, -0.25) is 4.79 Å². The first-order valence-corrected chi connectivity index (χ1v) is 9.04. The lowest BCUT2D eigenvalue weighted by Gasteiger charge is -2.06. The van der Waals surface area contributed by atoms with Gasteiger partial charge in [-0.15, -0.1) is 0 Å². The summed E-state index contributed by atoms with van der Waals surface area (Å²) in [6.45, 7) is 0.996. The molecule has 3 aromatic rings. The van der Waals surface area contributed by atoms with Crippen LogP contribution in [0.4, 0.5) is 0 Å². The van der Waals surface area contributed by atoms with Gasteiger partial charge in [0, 0.05) is 17.6 Å². The minimum absolute atomic E-state index is 0.144. The Bertz CT molecular complexity index is 888. The number of amides is 1. The summed E-state index contributed by atoms with van der Waals surface area (Å²) in [6.07, 6.45) is 3.30. The van der Waals surface area contributed by atoms with E-state index in [1.807, 2.05) is 66.7 Å². The quantitative estimate of drug-likeness (QED) is 0.571. The topological polar surface area (TPSA) is 38.3 Å². The predicted octanol–water partition coefficient (Wildman–Crippen LogP) is 5.25. The van der Waals surface area contributed by atoms with Crippen molar-refractivity contribution in [1.82, 2.24) is 5.32 Å². The van der Waals surface area contributed by atoms with Gasteiger partial charge in [0.1, 0.15) is 12.4 Å². The predicted molar refractivity (Wildman–Crippen MR) is 110 cm³/mol. The lowest BCUT2D eigenvalue weighted by molar-refractivity contribution is -0.116. The lowest BCUT2D eigenvalue weighted by Crippen LogP contribution is -2.20. The summed E-state index contributed by atoms with van der Waals surface area (Å²) in [5.41, 5.74) is 3.06. The summed E-state index contributed by atoms with van der Waals surface area (Å²) in [5.74, 6) is 0.651. The minimum atomic E-state index is -0.144. The van der Waals surface area contributed by atoms with E-state index in [0.29, 0.717) is 18.2 Å². The Hall–Kier alpha value is -3.04. The van der Waals surface area contributed by atoms with E-state index in [1.165, 1.54) is 6.08 Å². The van der Waals surface area contributed by atoms with E-state index in [9.17, 15) is 4.79 Å². The Kier molecular flexibility index (Phi) is 6.66. The highest BCUT2D eigenvalue weighted by atomic mass is 35.5. The highest BCUT2D eigenvalue weighted by Gasteiger charge is 1.99. The van der Waals surface area contributed by atoms with E-state index in [0.717, 1.165) is 22.4 Å². The van der Waals surface area contributed by atoms with Gasteiger partial charge in [-0.1, -0.05) is 66.2 Å². The Labute approximate surface area is 164 Å². The molecule has 0 spiro atoms. The minimum Gasteiger partial charge on any atom is -0.489 e. The second-order valence-electron chi connectivity index (χ2n) is 6.02. The molecule has 1 N–H and O–H groups in total. The zero-order valence-electron chi connectivity index (χ0n) is 14.8. The molecule has 0 aromatic heterocycles. The van der Waals surface area contributed by atoms with Crippen LogP contribution >= 0.6 is 11.6 Å². The Morgan fingerprint density at radius 1 is 0.889 bits per heavy atom. The van der Waals surface area contributed by atoms with E-state index in [2.05, 4.69) is 5.32 Å². The highest BCUT2D eigenvalue weighted by molar-refractivity contribution is 6.30. The lowest BCUT2D eigenvalue weighted by atomic mass is 10.2. The molecular formula is C23H20ClNO2. The fourth-order valence-corrected chi connectivity index (χ4v) is 2.56. The largest absolute Gasteiger partial charge is 0.489 e. The van der Waals surface area contributed by atoms with Crippen molar-refractivity contribution in [2.75, 3.05) is 0 Å². The molecule has 0 heterocycles. The van der Waals surface area contributed by atoms with Gasteiger partial charge >= 0.3 is 0 Å². The van der Waals surface area contributed by atoms with Gasteiger partial charge in [0.05, 0.1) is 0 Å². The zero-order valence-corrected chi connectivity index (χ0v) is 15.5. The van der Waals surface area contributed by atoms with Crippen LogP contribution in [0, 0.1) is 0 Å². The van der Waals surface area contributed by atoms with E-state index >= 15 is 0 Å². The van der Waals surface area contributed by atoms with Crippen molar-refractivity contribution in [3.8, 4) is 5.75 Å². The number of benzene rings is 3. The maximum absolute atomic E-state index is 11.9. The first-order valence-electron chi connectivity index (χ1n) is 8.66. The van der Waals surface area contributed by atoms with E-state index in [4.69, 9.17) is 16.3 Å². The van der Waals surface area contributed by atoms with Gasteiger partial charge in [0.15, 0.2) is 0 Å². The summed E-state index contributed by atoms with van der Waals surface area (Å²) >= 11 is 5.85. The van der Waals surface area contributed by atoms with Crippen molar-refractivity contribution < 1.29 is 9.53 Å². The first kappa shape index (κ1) is 18.7. The smallest absolute Gasteiger partial charge is 0.244 e. The van der Waals surface area contributed by atoms with Crippen LogP contribution < -0.4 is 10.1 Å². The molecule has 0 fully saturated rings. The van der Waals surface area contributed by atoms with Crippen LogP contribution in [-0.2, 0) is 17.9 Å². The normalized spacial score (nSPS) is 10.7. The third kappa shape index (κ3) is 6.32. The molecule has 0 aliphatic carbocycles. The third-order valence-electron chi connectivity index (χ3n) is 3.94. The summed E-state index contributed by atoms with van der Waals surface area (Å²) in [6, 6.07) is 25.0. The van der Waals surface area contributed by atoms with Crippen molar-refractivity contribution >= 4 is 23.6 Å². The first-order chi connectivity index (χ1) is 13.2. The van der Waals surface area contributed by atoms with E-state index in [-0.39, 0.29) is 5.91 Å². The molecule has 4 heteroatoms. The second kappa shape index (κ2) is 9.60. The fourth-order valence-electron chi connectivity index (χ4n) is 2.44. The number of nitrogens with one attached hydrogen (secondary N) is 1. The molecule has 136 valence electrons. The molecule has 0 saturated heterocycles. The molecular weight excluding hydrogens is 358 g/mol. The molecule has 0 aliphatic heterocycles. The molecule has 27 heavy (non-hydrogen) atoms. The maximum Gasteiger partial charge on any atom is 0.244 e. The number of rotatable bonds is 7. The van der Waals surface area contributed by atoms with E-state index < -0.39 is 0 Å². The number of hydrogen-bond donors (Lipinski definition) is 1. The van der Waals surface area contributed by atoms with Gasteiger partial charge in [0.25, 0.3) is 0 Å². The number of hydrogen-bond acceptors (Lipinski definition) is 2. The van der Waals surface area contributed by atoms with Crippen LogP contribution in [0.5, 0.6) is 5.75 Å². The molecule has 0 bridgehead atoms. The van der Waals surface area contributed by atoms with Crippen LogP contribution in [0.25, 0.3) is 6.08 Å². The number of carbonyl (C=O) groups excluding carboxylic acids is 1. The van der Waals surface area contributed by atoms with Crippen molar-refractivity contribution in [2.24, 2.45) is 0 Å². The van der Waals surface area contributed by atoms with E-state index in [1.54, 1.807) is 18.2 Å². The molecule has 0 unspecified atom stereocenters. The highest BCUT2D eigenvalue weighted by Crippen LogP contribution is 2.15. The monoisotopic (exact) mass is 377 g/mol. The molecule has 3 aromatic carbocycles. The number of carbonyl (C=O) groups is 1. The number of halogens is 1. The van der Waals surface area contributed by atoms with Crippen molar-refractivity contribution in [1.29, 1.82) is 0 Å². The molecule has 3 rings (SSSR count). The molecule has 0 saturated carbocycles. The second-order valence-corrected chi connectivity index (χ2v) is 6.46. The summed E-state index contributed by atoms with van der Waals surface area (Å²) in [4.78, 5) is 11.9. The fraction of sp³-hybridized carbons (Fsp3) is 0.0870. The third-order valence-corrected chi connectivity index (χ3v) is 4.19. The Morgan fingerprint density at radius 2 is 1.59 bits per heavy atom. The standard InChI is InChI=1S/C23H20ClNO2/c24-21-11-6-19(7-12-21)16-25-23(26)15-10-18-8-13-22(14-9-18)27-17-20-4-2-1-3-5-20/h1-15H,16-17H2,(H,25,26)/b15-10+. The summed E-state index contributed by atoms with van der Waals surface area (Å²) in [7, 11) is 0. The van der Waals surface area contributed by atoms with Gasteiger partial charge in [-0.2, -0.15) is 0 Å². The van der Waals surface area contributed by atoms with Crippen molar-refractivity contribution in [3.05, 3.63) is 107 Å². The summed E-state index contributed by atoms with van der Waals surface area (Å²) in [5, 5.41) is 3.53. The van der Waals surface area contributed by atoms with Crippen LogP contribution in [0.3, 0.4) is 0 Å². The average Bonchev–Trinajstić information content (AvgIpc) is 2.72. The van der Waals surface area contributed by atoms with Gasteiger partial charge in [0.2, 0.25) is 5.91 Å². The average molecular weight is 378 g/mol. The molecule has 0 aliphatic rings. The van der Waals surface area contributed by atoms with Crippen LogP contribution in [0.2, 0.25) is 5.02 Å². The van der Waals surface area contributed by atoms with Crippen molar-refractivity contribution in [3.63, 3.8) is 0 Å². The SMILES string of the molecule is O=C(/C=C/c1ccc(OCc2ccccc2)cc1)NCc1ccc(Cl)cc1. The molecule has 0 radical (unpaired) electrons. The molecule has 3 nitrogen and oxygen atoms in total. The van der Waals surface area contributed by atoms with Crippen LogP contribution in [0.15, 0.2) is 84.9 Å². The Balaban J connectivity index is 1.46. The van der Waals surface area contributed by atoms with Crippen molar-refractivity contribution in [2.45, 2.75) is 13.2 Å². The Morgan fingerprint density at radius 3 is 2.30 bits per heavy atom. The van der Waals surface area contributed by atoms with Crippen LogP contribution in [0.1, 0.15) is 16.7 Å². The summed E-state index contributed by atoms with van der Waals surface area (Å²) < 4.78 is 5.76. The number of ether oxygens (including phenoxy) is 1. The zero-order chi connectivity index (χ0) is 18.9. The van der Waals surface area contributed by atoms with Gasteiger partial charge in [-0.25, -0.2) is 0 Å². The van der Waals surface area contributed by atoms with Gasteiger partial charge in [-0.05, 0) is 47.0 Å². The maximum atomic E-state index is 11.9. The van der Waals surface area contributed by atoms with Crippen LogP contribution in [-0.4, -0.2) is 5.91 Å².